The van der Waals surface area contributed by atoms with Crippen LogP contribution < -0.4 is 10.6 Å². The standard InChI is InChI=1S/C34H36N2O4/c1-25-5-9-27(10-6-25)23-29-13-17-31(18-14-29)35-33(37)39-21-3-4-22-40-34(38)36-32-19-15-30(16-20-32)24-28-11-7-26(2)8-12-28/h5-20H,3-4,21-24H2,1-2H3,(H,35,37)(H,36,38). The molecule has 0 fully saturated rings. The van der Waals surface area contributed by atoms with Crippen LogP contribution in [0.1, 0.15) is 46.2 Å². The minimum absolute atomic E-state index is 0.241. The van der Waals surface area contributed by atoms with Crippen molar-refractivity contribution in [3.05, 3.63) is 130 Å². The van der Waals surface area contributed by atoms with Crippen LogP contribution in [0.15, 0.2) is 97.1 Å². The highest BCUT2D eigenvalue weighted by Gasteiger charge is 2.06. The van der Waals surface area contributed by atoms with Crippen LogP contribution in [-0.4, -0.2) is 25.4 Å². The fourth-order valence-corrected chi connectivity index (χ4v) is 4.14. The van der Waals surface area contributed by atoms with Crippen LogP contribution in [0.4, 0.5) is 21.0 Å². The molecule has 0 aliphatic heterocycles. The Bertz CT molecular complexity index is 1250. The van der Waals surface area contributed by atoms with Gasteiger partial charge in [-0.15, -0.1) is 0 Å². The first-order valence-electron chi connectivity index (χ1n) is 13.6. The van der Waals surface area contributed by atoms with Gasteiger partial charge in [0.05, 0.1) is 13.2 Å². The van der Waals surface area contributed by atoms with Crippen molar-refractivity contribution in [2.75, 3.05) is 23.8 Å². The molecule has 0 saturated carbocycles. The Labute approximate surface area is 236 Å². The number of carbonyl (C=O) groups excluding carboxylic acids is 2. The average molecular weight is 537 g/mol. The van der Waals surface area contributed by atoms with Gasteiger partial charge in [0.15, 0.2) is 0 Å². The third-order valence-electron chi connectivity index (χ3n) is 6.46. The van der Waals surface area contributed by atoms with E-state index in [-0.39, 0.29) is 13.2 Å². The molecular weight excluding hydrogens is 500 g/mol. The van der Waals surface area contributed by atoms with E-state index in [2.05, 4.69) is 73.0 Å². The molecule has 0 saturated heterocycles. The molecule has 0 unspecified atom stereocenters. The van der Waals surface area contributed by atoms with Gasteiger partial charge in [0, 0.05) is 11.4 Å². The summed E-state index contributed by atoms with van der Waals surface area (Å²) in [5.74, 6) is 0. The van der Waals surface area contributed by atoms with Crippen LogP contribution in [-0.2, 0) is 22.3 Å². The first-order valence-corrected chi connectivity index (χ1v) is 13.6. The average Bonchev–Trinajstić information content (AvgIpc) is 2.95. The van der Waals surface area contributed by atoms with Crippen molar-refractivity contribution in [2.45, 2.75) is 39.5 Å². The lowest BCUT2D eigenvalue weighted by Crippen LogP contribution is -2.16. The number of hydrogen-bond donors (Lipinski definition) is 2. The molecule has 4 aromatic carbocycles. The number of unbranched alkanes of at least 4 members (excludes halogenated alkanes) is 1. The van der Waals surface area contributed by atoms with Gasteiger partial charge >= 0.3 is 12.2 Å². The van der Waals surface area contributed by atoms with Crippen molar-refractivity contribution in [2.24, 2.45) is 0 Å². The topological polar surface area (TPSA) is 76.7 Å². The summed E-state index contributed by atoms with van der Waals surface area (Å²) in [6.07, 6.45) is 1.84. The number of amides is 2. The molecule has 2 amide bonds. The van der Waals surface area contributed by atoms with Crippen LogP contribution in [0.25, 0.3) is 0 Å². The van der Waals surface area contributed by atoms with E-state index < -0.39 is 12.2 Å². The van der Waals surface area contributed by atoms with E-state index in [0.717, 1.165) is 12.8 Å². The zero-order chi connectivity index (χ0) is 28.2. The summed E-state index contributed by atoms with van der Waals surface area (Å²) in [4.78, 5) is 24.2. The zero-order valence-electron chi connectivity index (χ0n) is 23.1. The van der Waals surface area contributed by atoms with E-state index in [0.29, 0.717) is 24.2 Å². The van der Waals surface area contributed by atoms with Crippen molar-refractivity contribution >= 4 is 23.6 Å². The predicted molar refractivity (Wildman–Crippen MR) is 160 cm³/mol. The Morgan fingerprint density at radius 1 is 0.500 bits per heavy atom. The van der Waals surface area contributed by atoms with Crippen LogP contribution in [0.5, 0.6) is 0 Å². The number of anilines is 2. The smallest absolute Gasteiger partial charge is 0.411 e. The maximum atomic E-state index is 12.1. The Morgan fingerprint density at radius 2 is 0.800 bits per heavy atom. The number of benzene rings is 4. The quantitative estimate of drug-likeness (QED) is 0.190. The third-order valence-corrected chi connectivity index (χ3v) is 6.46. The predicted octanol–water partition coefficient (Wildman–Crippen LogP) is 8.06. The molecule has 2 N–H and O–H groups in total. The van der Waals surface area contributed by atoms with Crippen molar-refractivity contribution in [1.29, 1.82) is 0 Å². The summed E-state index contributed by atoms with van der Waals surface area (Å²) < 4.78 is 10.5. The Morgan fingerprint density at radius 3 is 1.12 bits per heavy atom. The van der Waals surface area contributed by atoms with Gasteiger partial charge in [0.1, 0.15) is 0 Å². The van der Waals surface area contributed by atoms with Gasteiger partial charge in [0.25, 0.3) is 0 Å². The number of nitrogens with one attached hydrogen (secondary N) is 2. The zero-order valence-corrected chi connectivity index (χ0v) is 23.1. The van der Waals surface area contributed by atoms with E-state index in [4.69, 9.17) is 9.47 Å². The molecule has 6 heteroatoms. The molecule has 4 aromatic rings. The molecule has 0 aliphatic carbocycles. The Balaban J connectivity index is 1.06. The minimum Gasteiger partial charge on any atom is -0.449 e. The molecule has 206 valence electrons. The SMILES string of the molecule is Cc1ccc(Cc2ccc(NC(=O)OCCCCOC(=O)Nc3ccc(Cc4ccc(C)cc4)cc3)cc2)cc1. The summed E-state index contributed by atoms with van der Waals surface area (Å²) in [6, 6.07) is 32.4. The summed E-state index contributed by atoms with van der Waals surface area (Å²) >= 11 is 0. The highest BCUT2D eigenvalue weighted by Crippen LogP contribution is 2.16. The van der Waals surface area contributed by atoms with Crippen molar-refractivity contribution in [3.8, 4) is 0 Å². The second-order valence-corrected chi connectivity index (χ2v) is 9.95. The molecule has 6 nitrogen and oxygen atoms in total. The second kappa shape index (κ2) is 14.5. The summed E-state index contributed by atoms with van der Waals surface area (Å²) in [6.45, 7) is 4.63. The highest BCUT2D eigenvalue weighted by atomic mass is 16.6. The van der Waals surface area contributed by atoms with Gasteiger partial charge < -0.3 is 9.47 Å². The van der Waals surface area contributed by atoms with E-state index in [9.17, 15) is 9.59 Å². The van der Waals surface area contributed by atoms with E-state index in [1.54, 1.807) is 0 Å². The lowest BCUT2D eigenvalue weighted by atomic mass is 10.0. The number of carbonyl (C=O) groups is 2. The molecular formula is C34H36N2O4. The third kappa shape index (κ3) is 9.62. The largest absolute Gasteiger partial charge is 0.449 e. The van der Waals surface area contributed by atoms with Crippen LogP contribution in [0, 0.1) is 13.8 Å². The molecule has 40 heavy (non-hydrogen) atoms. The number of aryl methyl sites for hydroxylation is 2. The fraction of sp³-hybridized carbons (Fsp3) is 0.235. The van der Waals surface area contributed by atoms with Crippen molar-refractivity contribution in [3.63, 3.8) is 0 Å². The number of rotatable bonds is 11. The van der Waals surface area contributed by atoms with Crippen molar-refractivity contribution < 1.29 is 19.1 Å². The molecule has 4 rings (SSSR count). The summed E-state index contributed by atoms with van der Waals surface area (Å²) in [5.41, 5.74) is 8.68. The molecule has 0 atom stereocenters. The molecule has 0 heterocycles. The maximum absolute atomic E-state index is 12.1. The molecule has 0 radical (unpaired) electrons. The molecule has 0 aromatic heterocycles. The Kier molecular flexibility index (Phi) is 10.3. The molecule has 0 aliphatic rings. The fourth-order valence-electron chi connectivity index (χ4n) is 4.14. The van der Waals surface area contributed by atoms with Gasteiger partial charge in [0.2, 0.25) is 0 Å². The van der Waals surface area contributed by atoms with E-state index in [1.165, 1.54) is 33.4 Å². The lowest BCUT2D eigenvalue weighted by molar-refractivity contribution is 0.143. The summed E-state index contributed by atoms with van der Waals surface area (Å²) in [7, 11) is 0. The first-order chi connectivity index (χ1) is 19.4. The van der Waals surface area contributed by atoms with Gasteiger partial charge in [-0.25, -0.2) is 9.59 Å². The maximum Gasteiger partial charge on any atom is 0.411 e. The number of hydrogen-bond acceptors (Lipinski definition) is 4. The van der Waals surface area contributed by atoms with E-state index in [1.807, 2.05) is 48.5 Å². The van der Waals surface area contributed by atoms with Crippen LogP contribution in [0.3, 0.4) is 0 Å². The van der Waals surface area contributed by atoms with Crippen LogP contribution >= 0.6 is 0 Å². The molecule has 0 spiro atoms. The van der Waals surface area contributed by atoms with Gasteiger partial charge in [-0.2, -0.15) is 0 Å². The van der Waals surface area contributed by atoms with Gasteiger partial charge in [-0.05, 0) is 86.1 Å². The van der Waals surface area contributed by atoms with Gasteiger partial charge in [-0.1, -0.05) is 83.9 Å². The highest BCUT2D eigenvalue weighted by molar-refractivity contribution is 5.85. The second-order valence-electron chi connectivity index (χ2n) is 9.95. The minimum atomic E-state index is -0.504. The normalized spacial score (nSPS) is 10.6. The van der Waals surface area contributed by atoms with Crippen molar-refractivity contribution in [1.82, 2.24) is 0 Å². The number of ether oxygens (including phenoxy) is 2. The lowest BCUT2D eigenvalue weighted by Gasteiger charge is -2.09. The first kappa shape index (κ1) is 28.4. The van der Waals surface area contributed by atoms with Gasteiger partial charge in [-0.3, -0.25) is 10.6 Å². The monoisotopic (exact) mass is 536 g/mol. The Hall–Kier alpha value is -4.58. The molecule has 0 bridgehead atoms. The van der Waals surface area contributed by atoms with Crippen LogP contribution in [0.2, 0.25) is 0 Å². The van der Waals surface area contributed by atoms with E-state index >= 15 is 0 Å². The summed E-state index contributed by atoms with van der Waals surface area (Å²) in [5, 5.41) is 5.48.